The Labute approximate surface area is 76.1 Å². The largest absolute Gasteiger partial charge is 0.381 e. The van der Waals surface area contributed by atoms with E-state index < -0.39 is 10.8 Å². The quantitative estimate of drug-likeness (QED) is 0.686. The van der Waals surface area contributed by atoms with Gasteiger partial charge in [-0.1, -0.05) is 0 Å². The molecule has 0 saturated carbocycles. The average Bonchev–Trinajstić information content (AvgIpc) is 2.37. The summed E-state index contributed by atoms with van der Waals surface area (Å²) in [5.41, 5.74) is 5.54. The zero-order chi connectivity index (χ0) is 8.97. The molecule has 0 aromatic heterocycles. The lowest BCUT2D eigenvalue weighted by Crippen LogP contribution is -2.26. The summed E-state index contributed by atoms with van der Waals surface area (Å²) in [6.07, 6.45) is 1.06. The third-order valence-corrected chi connectivity index (χ3v) is 3.64. The van der Waals surface area contributed by atoms with E-state index in [1.165, 1.54) is 0 Å². The van der Waals surface area contributed by atoms with Crippen LogP contribution in [0.2, 0.25) is 0 Å². The molecule has 0 amide bonds. The summed E-state index contributed by atoms with van der Waals surface area (Å²) in [6.45, 7) is 3.51. The second kappa shape index (κ2) is 4.94. The molecule has 1 aliphatic heterocycles. The zero-order valence-corrected chi connectivity index (χ0v) is 8.31. The number of hydrogen-bond donors (Lipinski definition) is 1. The van der Waals surface area contributed by atoms with E-state index in [4.69, 9.17) is 10.5 Å². The molecular weight excluding hydrogens is 174 g/mol. The summed E-state index contributed by atoms with van der Waals surface area (Å²) in [6, 6.07) is 0.0492. The molecule has 1 heterocycles. The van der Waals surface area contributed by atoms with Crippen LogP contribution in [-0.2, 0) is 15.5 Å². The fraction of sp³-hybridized carbons (Fsp3) is 1.00. The minimum absolute atomic E-state index is 0.0492. The predicted octanol–water partition coefficient (Wildman–Crippen LogP) is 0.119. The van der Waals surface area contributed by atoms with Crippen molar-refractivity contribution in [2.24, 2.45) is 11.7 Å². The summed E-state index contributed by atoms with van der Waals surface area (Å²) in [7, 11) is -0.745. The summed E-state index contributed by atoms with van der Waals surface area (Å²) in [5.74, 6) is 1.89. The fourth-order valence-corrected chi connectivity index (χ4v) is 2.85. The molecule has 0 radical (unpaired) electrons. The molecule has 0 aliphatic carbocycles. The maximum Gasteiger partial charge on any atom is 0.0503 e. The molecule has 1 aliphatic rings. The van der Waals surface area contributed by atoms with Gasteiger partial charge in [-0.25, -0.2) is 0 Å². The Balaban J connectivity index is 2.16. The minimum Gasteiger partial charge on any atom is -0.381 e. The van der Waals surface area contributed by atoms with E-state index in [-0.39, 0.29) is 6.04 Å². The van der Waals surface area contributed by atoms with Gasteiger partial charge in [0.15, 0.2) is 0 Å². The molecule has 0 aromatic carbocycles. The van der Waals surface area contributed by atoms with E-state index in [1.54, 1.807) is 0 Å². The summed E-state index contributed by atoms with van der Waals surface area (Å²) in [5, 5.41) is 0. The van der Waals surface area contributed by atoms with Crippen LogP contribution in [0, 0.1) is 5.92 Å². The third-order valence-electron chi connectivity index (χ3n) is 1.89. The lowest BCUT2D eigenvalue weighted by atomic mass is 10.2. The average molecular weight is 191 g/mol. The van der Waals surface area contributed by atoms with Crippen LogP contribution >= 0.6 is 0 Å². The van der Waals surface area contributed by atoms with Crippen molar-refractivity contribution >= 4 is 10.8 Å². The Kier molecular flexibility index (Phi) is 4.18. The molecule has 1 rings (SSSR count). The van der Waals surface area contributed by atoms with Crippen LogP contribution in [0.25, 0.3) is 0 Å². The van der Waals surface area contributed by atoms with Crippen LogP contribution in [0.15, 0.2) is 0 Å². The number of rotatable bonds is 4. The number of hydrogen-bond acceptors (Lipinski definition) is 3. The molecule has 0 aromatic rings. The first-order chi connectivity index (χ1) is 5.68. The van der Waals surface area contributed by atoms with Crippen molar-refractivity contribution in [1.29, 1.82) is 0 Å². The first-order valence-corrected chi connectivity index (χ1v) is 5.85. The molecule has 0 bridgehead atoms. The Hall–Kier alpha value is 0.0700. The van der Waals surface area contributed by atoms with Gasteiger partial charge in [-0.05, 0) is 19.3 Å². The van der Waals surface area contributed by atoms with Gasteiger partial charge >= 0.3 is 0 Å². The van der Waals surface area contributed by atoms with Gasteiger partial charge in [-0.2, -0.15) is 0 Å². The Bertz CT molecular complexity index is 155. The van der Waals surface area contributed by atoms with Crippen molar-refractivity contribution in [2.75, 3.05) is 24.7 Å². The van der Waals surface area contributed by atoms with Gasteiger partial charge in [0.25, 0.3) is 0 Å². The molecule has 3 nitrogen and oxygen atoms in total. The topological polar surface area (TPSA) is 52.3 Å². The highest BCUT2D eigenvalue weighted by Gasteiger charge is 2.18. The molecule has 1 saturated heterocycles. The van der Waals surface area contributed by atoms with E-state index in [2.05, 4.69) is 0 Å². The van der Waals surface area contributed by atoms with E-state index in [1.807, 2.05) is 6.92 Å². The van der Waals surface area contributed by atoms with Crippen molar-refractivity contribution in [3.05, 3.63) is 0 Å². The lowest BCUT2D eigenvalue weighted by Gasteiger charge is -2.08. The molecule has 2 N–H and O–H groups in total. The predicted molar refractivity (Wildman–Crippen MR) is 50.5 cm³/mol. The van der Waals surface area contributed by atoms with Crippen molar-refractivity contribution < 1.29 is 8.95 Å². The maximum atomic E-state index is 11.4. The molecule has 12 heavy (non-hydrogen) atoms. The molecule has 4 heteroatoms. The summed E-state index contributed by atoms with van der Waals surface area (Å²) in [4.78, 5) is 0. The minimum atomic E-state index is -0.745. The first-order valence-electron chi connectivity index (χ1n) is 4.37. The van der Waals surface area contributed by atoms with Gasteiger partial charge in [0.05, 0.1) is 6.61 Å². The van der Waals surface area contributed by atoms with Gasteiger partial charge in [-0.3, -0.25) is 4.21 Å². The van der Waals surface area contributed by atoms with Gasteiger partial charge in [0.1, 0.15) is 0 Å². The Morgan fingerprint density at radius 3 is 3.00 bits per heavy atom. The van der Waals surface area contributed by atoms with Gasteiger partial charge in [0.2, 0.25) is 0 Å². The zero-order valence-electron chi connectivity index (χ0n) is 7.49. The molecule has 72 valence electrons. The van der Waals surface area contributed by atoms with E-state index in [0.29, 0.717) is 11.7 Å². The Morgan fingerprint density at radius 1 is 1.75 bits per heavy atom. The standard InChI is InChI=1S/C8H17NO2S/c1-7(9)5-12(10)6-8-2-3-11-4-8/h7-8H,2-6,9H2,1H3. The SMILES string of the molecule is CC(N)CS(=O)CC1CCOC1. The molecule has 0 spiro atoms. The van der Waals surface area contributed by atoms with E-state index in [0.717, 1.165) is 25.4 Å². The highest BCUT2D eigenvalue weighted by molar-refractivity contribution is 7.85. The monoisotopic (exact) mass is 191 g/mol. The van der Waals surface area contributed by atoms with Crippen LogP contribution in [0.1, 0.15) is 13.3 Å². The third kappa shape index (κ3) is 3.65. The number of ether oxygens (including phenoxy) is 1. The van der Waals surface area contributed by atoms with Crippen molar-refractivity contribution in [1.82, 2.24) is 0 Å². The summed E-state index contributed by atoms with van der Waals surface area (Å²) >= 11 is 0. The van der Waals surface area contributed by atoms with Crippen LogP contribution in [0.4, 0.5) is 0 Å². The Morgan fingerprint density at radius 2 is 2.50 bits per heavy atom. The highest BCUT2D eigenvalue weighted by Crippen LogP contribution is 2.13. The van der Waals surface area contributed by atoms with Crippen LogP contribution in [0.5, 0.6) is 0 Å². The lowest BCUT2D eigenvalue weighted by molar-refractivity contribution is 0.189. The fourth-order valence-electron chi connectivity index (χ4n) is 1.34. The second-order valence-corrected chi connectivity index (χ2v) is 5.03. The van der Waals surface area contributed by atoms with E-state index >= 15 is 0 Å². The first kappa shape index (κ1) is 10.2. The van der Waals surface area contributed by atoms with Crippen LogP contribution in [-0.4, -0.2) is 35.0 Å². The molecular formula is C8H17NO2S. The highest BCUT2D eigenvalue weighted by atomic mass is 32.2. The van der Waals surface area contributed by atoms with E-state index in [9.17, 15) is 4.21 Å². The molecule has 3 atom stereocenters. The van der Waals surface area contributed by atoms with Crippen molar-refractivity contribution in [2.45, 2.75) is 19.4 Å². The smallest absolute Gasteiger partial charge is 0.0503 e. The van der Waals surface area contributed by atoms with Crippen molar-refractivity contribution in [3.63, 3.8) is 0 Å². The number of nitrogens with two attached hydrogens (primary N) is 1. The normalized spacial score (nSPS) is 28.7. The van der Waals surface area contributed by atoms with Crippen molar-refractivity contribution in [3.8, 4) is 0 Å². The second-order valence-electron chi connectivity index (χ2n) is 3.48. The molecule has 1 fully saturated rings. The van der Waals surface area contributed by atoms with Gasteiger partial charge in [-0.15, -0.1) is 0 Å². The van der Waals surface area contributed by atoms with Crippen LogP contribution < -0.4 is 5.73 Å². The van der Waals surface area contributed by atoms with Crippen LogP contribution in [0.3, 0.4) is 0 Å². The molecule has 3 unspecified atom stereocenters. The van der Waals surface area contributed by atoms with Gasteiger partial charge < -0.3 is 10.5 Å². The summed E-state index contributed by atoms with van der Waals surface area (Å²) < 4.78 is 16.6. The van der Waals surface area contributed by atoms with Gasteiger partial charge in [0, 0.05) is 35.0 Å². The maximum absolute atomic E-state index is 11.4.